The second-order valence-electron chi connectivity index (χ2n) is 8.80. The molecule has 7 nitrogen and oxygen atoms in total. The summed E-state index contributed by atoms with van der Waals surface area (Å²) in [7, 11) is 1.78. The van der Waals surface area contributed by atoms with Crippen molar-refractivity contribution in [3.63, 3.8) is 0 Å². The molecule has 0 radical (unpaired) electrons. The van der Waals surface area contributed by atoms with Crippen molar-refractivity contribution < 1.29 is 35.7 Å². The summed E-state index contributed by atoms with van der Waals surface area (Å²) >= 11 is 0. The summed E-state index contributed by atoms with van der Waals surface area (Å²) in [6.07, 6.45) is -5.21. The quantitative estimate of drug-likeness (QED) is 0.168. The van der Waals surface area contributed by atoms with Crippen LogP contribution in [0.3, 0.4) is 0 Å². The number of carbonyl (C=O) groups excluding carboxylic acids is 1. The first-order chi connectivity index (χ1) is 16.8. The van der Waals surface area contributed by atoms with E-state index in [9.17, 15) is 31.1 Å². The number of Topliss-reactive ketones (excluding diaryl/α,β-unsaturated/α-hetero) is 1. The molecule has 188 valence electrons. The summed E-state index contributed by atoms with van der Waals surface area (Å²) in [6.45, 7) is 0.116. The van der Waals surface area contributed by atoms with Gasteiger partial charge >= 0.3 is 12.4 Å². The number of hydrogen-bond donors (Lipinski definition) is 1. The molecule has 0 spiro atoms. The molecule has 2 unspecified atom stereocenters. The van der Waals surface area contributed by atoms with Crippen LogP contribution in [0.15, 0.2) is 59.5 Å². The molecule has 0 aliphatic carbocycles. The molecular weight excluding hydrogens is 492 g/mol. The van der Waals surface area contributed by atoms with Crippen LogP contribution in [0.4, 0.5) is 32.0 Å². The molecule has 1 fully saturated rings. The Labute approximate surface area is 199 Å². The fourth-order valence-corrected chi connectivity index (χ4v) is 4.11. The van der Waals surface area contributed by atoms with Gasteiger partial charge < -0.3 is 9.51 Å². The molecule has 1 saturated heterocycles. The Kier molecular flexibility index (Phi) is 5.36. The number of H-pyrrole nitrogens is 1. The predicted octanol–water partition coefficient (Wildman–Crippen LogP) is 5.15. The molecule has 0 saturated carbocycles. The largest absolute Gasteiger partial charge is 0.416 e. The molecule has 4 aromatic rings. The average molecular weight is 510 g/mol. The topological polar surface area (TPSA) is 76.7 Å². The van der Waals surface area contributed by atoms with Crippen LogP contribution in [0, 0.1) is 0 Å². The van der Waals surface area contributed by atoms with Gasteiger partial charge in [-0.2, -0.15) is 31.4 Å². The van der Waals surface area contributed by atoms with Gasteiger partial charge in [0.25, 0.3) is 0 Å². The maximum Gasteiger partial charge on any atom is 0.416 e. The molecule has 1 aliphatic heterocycles. The van der Waals surface area contributed by atoms with Gasteiger partial charge in [0.05, 0.1) is 36.6 Å². The number of ketones is 1. The van der Waals surface area contributed by atoms with Crippen molar-refractivity contribution >= 4 is 11.5 Å². The van der Waals surface area contributed by atoms with E-state index in [1.165, 1.54) is 23.1 Å². The highest BCUT2D eigenvalue weighted by molar-refractivity contribution is 6.03. The monoisotopic (exact) mass is 510 g/mol. The van der Waals surface area contributed by atoms with Crippen LogP contribution < -0.4 is 4.48 Å². The van der Waals surface area contributed by atoms with Crippen LogP contribution >= 0.6 is 0 Å². The molecule has 0 bridgehead atoms. The highest BCUT2D eigenvalue weighted by Gasteiger charge is 2.59. The van der Waals surface area contributed by atoms with E-state index >= 15 is 0 Å². The van der Waals surface area contributed by atoms with Crippen LogP contribution in [0.5, 0.6) is 0 Å². The van der Waals surface area contributed by atoms with Crippen LogP contribution in [0.1, 0.15) is 27.2 Å². The molecule has 2 atom stereocenters. The Balaban J connectivity index is 1.34. The Hall–Kier alpha value is -3.87. The van der Waals surface area contributed by atoms with E-state index in [1.807, 2.05) is 0 Å². The molecule has 0 amide bonds. The molecule has 1 N–H and O–H groups in total. The zero-order valence-electron chi connectivity index (χ0n) is 18.6. The van der Waals surface area contributed by atoms with E-state index in [0.29, 0.717) is 35.8 Å². The van der Waals surface area contributed by atoms with Crippen molar-refractivity contribution in [1.29, 1.82) is 0 Å². The molecule has 1 aliphatic rings. The SMILES string of the molecule is C[N+]1(c2cnn(Cc3cc(C(F)(F)F)cc(C(F)(F)F)c3)c2)CC1C(=O)c1cc(-c2ccc[nH]2)on1. The summed E-state index contributed by atoms with van der Waals surface area (Å²) < 4.78 is 85.5. The van der Waals surface area contributed by atoms with Gasteiger partial charge in [0.1, 0.15) is 12.7 Å². The van der Waals surface area contributed by atoms with E-state index in [2.05, 4.69) is 15.2 Å². The third-order valence-electron chi connectivity index (χ3n) is 6.24. The van der Waals surface area contributed by atoms with E-state index in [0.717, 1.165) is 0 Å². The second-order valence-corrected chi connectivity index (χ2v) is 8.80. The van der Waals surface area contributed by atoms with Gasteiger partial charge in [-0.1, -0.05) is 5.16 Å². The number of aromatic amines is 1. The van der Waals surface area contributed by atoms with Gasteiger partial charge in [0, 0.05) is 12.3 Å². The van der Waals surface area contributed by atoms with Crippen LogP contribution in [-0.2, 0) is 18.9 Å². The van der Waals surface area contributed by atoms with E-state index in [4.69, 9.17) is 4.52 Å². The zero-order chi connectivity index (χ0) is 25.9. The summed E-state index contributed by atoms with van der Waals surface area (Å²) in [5.41, 5.74) is -1.57. The molecule has 13 heteroatoms. The lowest BCUT2D eigenvalue weighted by Crippen LogP contribution is -2.27. The van der Waals surface area contributed by atoms with Gasteiger partial charge in [0.2, 0.25) is 11.8 Å². The smallest absolute Gasteiger partial charge is 0.359 e. The summed E-state index contributed by atoms with van der Waals surface area (Å²) in [4.78, 5) is 15.9. The highest BCUT2D eigenvalue weighted by atomic mass is 19.4. The lowest BCUT2D eigenvalue weighted by atomic mass is 10.0. The lowest BCUT2D eigenvalue weighted by molar-refractivity contribution is -0.143. The number of halogens is 6. The fourth-order valence-electron chi connectivity index (χ4n) is 4.11. The van der Waals surface area contributed by atoms with Gasteiger partial charge in [-0.3, -0.25) is 14.0 Å². The number of quaternary nitrogens is 1. The van der Waals surface area contributed by atoms with Crippen LogP contribution in [-0.4, -0.2) is 45.3 Å². The molecular formula is C23H18F6N5O2+. The van der Waals surface area contributed by atoms with Crippen molar-refractivity contribution in [1.82, 2.24) is 24.4 Å². The maximum atomic E-state index is 13.1. The van der Waals surface area contributed by atoms with Crippen LogP contribution in [0.25, 0.3) is 11.5 Å². The normalized spacial score (nSPS) is 20.0. The maximum absolute atomic E-state index is 13.1. The average Bonchev–Trinajstić information content (AvgIpc) is 3.33. The molecule has 5 rings (SSSR count). The number of rotatable bonds is 6. The van der Waals surface area contributed by atoms with E-state index < -0.39 is 29.5 Å². The summed E-state index contributed by atoms with van der Waals surface area (Å²) in [5, 5.41) is 7.95. The van der Waals surface area contributed by atoms with Gasteiger partial charge in [0.15, 0.2) is 17.1 Å². The van der Waals surface area contributed by atoms with Crippen molar-refractivity contribution in [2.45, 2.75) is 24.9 Å². The number of alkyl halides is 6. The van der Waals surface area contributed by atoms with Gasteiger partial charge in [-0.25, -0.2) is 0 Å². The minimum Gasteiger partial charge on any atom is -0.359 e. The van der Waals surface area contributed by atoms with Crippen LogP contribution in [0.2, 0.25) is 0 Å². The lowest BCUT2D eigenvalue weighted by Gasteiger charge is -2.14. The summed E-state index contributed by atoms with van der Waals surface area (Å²) in [5.74, 6) is 0.157. The molecule has 1 aromatic carbocycles. The third-order valence-corrected chi connectivity index (χ3v) is 6.24. The first-order valence-electron chi connectivity index (χ1n) is 10.7. The predicted molar refractivity (Wildman–Crippen MR) is 115 cm³/mol. The standard InChI is InChI=1S/C23H18F6N5O2/c1-34(12-19(34)21(35)18-8-20(36-32-18)17-3-2-4-30-17)16-9-31-33(11-16)10-13-5-14(22(24,25)26)7-15(6-13)23(27,28)29/h2-9,11,19,30H,10,12H2,1H3/q+1. The number of nitrogens with zero attached hydrogens (tertiary/aromatic N) is 4. The minimum atomic E-state index is -4.93. The number of benzene rings is 1. The zero-order valence-corrected chi connectivity index (χ0v) is 18.6. The molecule has 4 heterocycles. The highest BCUT2D eigenvalue weighted by Crippen LogP contribution is 2.39. The Morgan fingerprint density at radius 1 is 1.14 bits per heavy atom. The van der Waals surface area contributed by atoms with Gasteiger partial charge in [-0.05, 0) is 35.9 Å². The molecule has 3 aromatic heterocycles. The number of hydrogen-bond acceptors (Lipinski definition) is 4. The first-order valence-corrected chi connectivity index (χ1v) is 10.7. The fraction of sp³-hybridized carbons (Fsp3) is 0.261. The second kappa shape index (κ2) is 8.08. The number of aromatic nitrogens is 4. The number of carbonyl (C=O) groups is 1. The Morgan fingerprint density at radius 2 is 1.83 bits per heavy atom. The first kappa shape index (κ1) is 23.9. The van der Waals surface area contributed by atoms with Crippen molar-refractivity contribution in [3.05, 3.63) is 77.4 Å². The molecule has 36 heavy (non-hydrogen) atoms. The number of nitrogens with one attached hydrogen (secondary N) is 1. The van der Waals surface area contributed by atoms with Crippen molar-refractivity contribution in [3.8, 4) is 11.5 Å². The minimum absolute atomic E-state index is 0.0848. The Morgan fingerprint density at radius 3 is 2.44 bits per heavy atom. The number of likely N-dealkylation sites (N-methyl/N-ethyl adjacent to an activating group) is 1. The van der Waals surface area contributed by atoms with Crippen molar-refractivity contribution in [2.24, 2.45) is 0 Å². The van der Waals surface area contributed by atoms with E-state index in [1.54, 1.807) is 25.4 Å². The summed E-state index contributed by atoms with van der Waals surface area (Å²) in [6, 6.07) is 6.02. The van der Waals surface area contributed by atoms with Gasteiger partial charge in [-0.15, -0.1) is 0 Å². The van der Waals surface area contributed by atoms with E-state index in [-0.39, 0.29) is 34.1 Å². The third kappa shape index (κ3) is 4.41. The van der Waals surface area contributed by atoms with Crippen molar-refractivity contribution in [2.75, 3.05) is 13.6 Å². The Bertz CT molecular complexity index is 1390.